The van der Waals surface area contributed by atoms with Crippen LogP contribution in [-0.2, 0) is 16.8 Å². The van der Waals surface area contributed by atoms with E-state index in [0.717, 1.165) is 24.8 Å². The van der Waals surface area contributed by atoms with E-state index in [9.17, 15) is 14.1 Å². The summed E-state index contributed by atoms with van der Waals surface area (Å²) in [5, 5.41) is 13.9. The van der Waals surface area contributed by atoms with E-state index in [1.54, 1.807) is 13.1 Å². The number of aromatic hydroxyl groups is 1. The van der Waals surface area contributed by atoms with Crippen LogP contribution in [-0.4, -0.2) is 36.4 Å². The van der Waals surface area contributed by atoms with Crippen LogP contribution in [0.15, 0.2) is 22.7 Å². The molecule has 0 spiro atoms. The summed E-state index contributed by atoms with van der Waals surface area (Å²) in [5.74, 6) is 0.765. The van der Waals surface area contributed by atoms with Crippen molar-refractivity contribution in [2.75, 3.05) is 11.5 Å². The van der Waals surface area contributed by atoms with Gasteiger partial charge in [0, 0.05) is 24.1 Å². The Hall–Kier alpha value is -2.15. The van der Waals surface area contributed by atoms with Crippen molar-refractivity contribution in [1.82, 2.24) is 9.78 Å². The maximum atomic E-state index is 13.0. The molecule has 1 saturated heterocycles. The average Bonchev–Trinajstić information content (AvgIpc) is 2.91. The van der Waals surface area contributed by atoms with E-state index in [4.69, 9.17) is 0 Å². The summed E-state index contributed by atoms with van der Waals surface area (Å²) in [5.41, 5.74) is 2.84. The number of hydrogen-bond acceptors (Lipinski definition) is 5. The second-order valence-electron chi connectivity index (χ2n) is 6.57. The van der Waals surface area contributed by atoms with Crippen LogP contribution in [0.25, 0.3) is 0 Å². The van der Waals surface area contributed by atoms with Crippen LogP contribution >= 0.6 is 0 Å². The maximum Gasteiger partial charge on any atom is 0.220 e. The lowest BCUT2D eigenvalue weighted by atomic mass is 9.97. The number of ketones is 1. The highest BCUT2D eigenvalue weighted by atomic mass is 32.2. The molecule has 3 rings (SSSR count). The minimum atomic E-state index is -2.25. The lowest BCUT2D eigenvalue weighted by molar-refractivity contribution is 0.103. The zero-order valence-electron chi connectivity index (χ0n) is 14.8. The van der Waals surface area contributed by atoms with Gasteiger partial charge in [-0.3, -0.25) is 4.79 Å². The van der Waals surface area contributed by atoms with Gasteiger partial charge in [-0.2, -0.15) is 9.46 Å². The van der Waals surface area contributed by atoms with Crippen molar-refractivity contribution in [3.8, 4) is 5.88 Å². The number of benzene rings is 1. The lowest BCUT2D eigenvalue weighted by Crippen LogP contribution is -2.16. The molecule has 0 unspecified atom stereocenters. The van der Waals surface area contributed by atoms with Crippen LogP contribution in [0.5, 0.6) is 5.88 Å². The predicted molar refractivity (Wildman–Crippen MR) is 98.0 cm³/mol. The fraction of sp³-hybridized carbons (Fsp3) is 0.444. The van der Waals surface area contributed by atoms with Crippen LogP contribution in [0, 0.1) is 13.8 Å². The third-order valence-electron chi connectivity index (χ3n) is 4.71. The molecular formula is C18H23N3O3S. The molecule has 0 atom stereocenters. The molecule has 1 aromatic heterocycles. The predicted octanol–water partition coefficient (Wildman–Crippen LogP) is 3.26. The first-order valence-electron chi connectivity index (χ1n) is 8.41. The van der Waals surface area contributed by atoms with Crippen LogP contribution in [0.3, 0.4) is 0 Å². The van der Waals surface area contributed by atoms with E-state index in [2.05, 4.69) is 9.46 Å². The van der Waals surface area contributed by atoms with Gasteiger partial charge < -0.3 is 5.11 Å². The second-order valence-corrected chi connectivity index (χ2v) is 9.12. The highest BCUT2D eigenvalue weighted by molar-refractivity contribution is 7.93. The number of rotatable bonds is 3. The summed E-state index contributed by atoms with van der Waals surface area (Å²) in [7, 11) is -0.680. The zero-order chi connectivity index (χ0) is 18.2. The molecule has 134 valence electrons. The smallest absolute Gasteiger partial charge is 0.220 e. The fourth-order valence-electron chi connectivity index (χ4n) is 3.15. The third-order valence-corrected chi connectivity index (χ3v) is 7.08. The fourth-order valence-corrected chi connectivity index (χ4v) is 5.46. The molecule has 1 aliphatic rings. The Labute approximate surface area is 148 Å². The molecule has 0 saturated carbocycles. The maximum absolute atomic E-state index is 13.0. The van der Waals surface area contributed by atoms with Gasteiger partial charge in [-0.25, -0.2) is 8.89 Å². The molecule has 0 amide bonds. The van der Waals surface area contributed by atoms with Crippen LogP contribution in [0.1, 0.15) is 46.3 Å². The molecule has 2 heterocycles. The number of carbonyl (C=O) groups is 1. The second kappa shape index (κ2) is 6.63. The first kappa shape index (κ1) is 17.7. The molecule has 1 fully saturated rings. The van der Waals surface area contributed by atoms with Crippen LogP contribution < -0.4 is 0 Å². The van der Waals surface area contributed by atoms with Crippen LogP contribution in [0.2, 0.25) is 0 Å². The number of aryl methyl sites for hydroxylation is 2. The standard InChI is InChI=1S/C18H23N3O3S/c1-12-7-8-14(17(22)15-11-19-21(3)18(15)23)13(2)16(12)20-25(24)9-5-4-6-10-25/h7-8,11,23H,4-6,9-10H2,1-3H3. The van der Waals surface area contributed by atoms with E-state index >= 15 is 0 Å². The van der Waals surface area contributed by atoms with E-state index in [1.165, 1.54) is 10.9 Å². The quantitative estimate of drug-likeness (QED) is 0.851. The van der Waals surface area contributed by atoms with Gasteiger partial charge in [-0.15, -0.1) is 0 Å². The molecule has 7 heteroatoms. The van der Waals surface area contributed by atoms with Crippen molar-refractivity contribution < 1.29 is 14.1 Å². The summed E-state index contributed by atoms with van der Waals surface area (Å²) in [6, 6.07) is 3.55. The molecule has 1 N–H and O–H groups in total. The van der Waals surface area contributed by atoms with Gasteiger partial charge in [0.05, 0.1) is 21.6 Å². The Kier molecular flexibility index (Phi) is 4.69. The molecule has 6 nitrogen and oxygen atoms in total. The Morgan fingerprint density at radius 3 is 2.48 bits per heavy atom. The molecular weight excluding hydrogens is 338 g/mol. The van der Waals surface area contributed by atoms with Gasteiger partial charge in [-0.1, -0.05) is 18.6 Å². The van der Waals surface area contributed by atoms with Crippen molar-refractivity contribution >= 4 is 21.2 Å². The Morgan fingerprint density at radius 1 is 1.20 bits per heavy atom. The number of nitrogens with zero attached hydrogens (tertiary/aromatic N) is 3. The zero-order valence-corrected chi connectivity index (χ0v) is 15.6. The number of aromatic nitrogens is 2. The highest BCUT2D eigenvalue weighted by Gasteiger charge is 2.22. The van der Waals surface area contributed by atoms with Crippen molar-refractivity contribution in [2.45, 2.75) is 33.1 Å². The van der Waals surface area contributed by atoms with Gasteiger partial charge in [0.2, 0.25) is 5.88 Å². The molecule has 0 bridgehead atoms. The van der Waals surface area contributed by atoms with E-state index < -0.39 is 9.73 Å². The lowest BCUT2D eigenvalue weighted by Gasteiger charge is -2.17. The van der Waals surface area contributed by atoms with Crippen molar-refractivity contribution in [3.05, 3.63) is 40.6 Å². The van der Waals surface area contributed by atoms with Gasteiger partial charge in [0.25, 0.3) is 0 Å². The summed E-state index contributed by atoms with van der Waals surface area (Å²) in [4.78, 5) is 12.8. The van der Waals surface area contributed by atoms with E-state index in [-0.39, 0.29) is 17.2 Å². The molecule has 2 aromatic rings. The summed E-state index contributed by atoms with van der Waals surface area (Å²) in [6.45, 7) is 3.73. The molecule has 0 radical (unpaired) electrons. The van der Waals surface area contributed by atoms with Crippen molar-refractivity contribution in [2.24, 2.45) is 11.4 Å². The van der Waals surface area contributed by atoms with Gasteiger partial charge >= 0.3 is 0 Å². The molecule has 1 aliphatic heterocycles. The first-order chi connectivity index (χ1) is 11.8. The minimum absolute atomic E-state index is 0.155. The molecule has 0 aliphatic carbocycles. The molecule has 1 aromatic carbocycles. The largest absolute Gasteiger partial charge is 0.493 e. The van der Waals surface area contributed by atoms with Crippen LogP contribution in [0.4, 0.5) is 5.69 Å². The summed E-state index contributed by atoms with van der Waals surface area (Å²) >= 11 is 0. The molecule has 25 heavy (non-hydrogen) atoms. The Bertz CT molecular complexity index is 941. The Balaban J connectivity index is 2.09. The average molecular weight is 361 g/mol. The number of carbonyl (C=O) groups excluding carboxylic acids is 1. The minimum Gasteiger partial charge on any atom is -0.493 e. The Morgan fingerprint density at radius 2 is 1.88 bits per heavy atom. The summed E-state index contributed by atoms with van der Waals surface area (Å²) in [6.07, 6.45) is 4.32. The SMILES string of the molecule is Cc1ccc(C(=O)c2cnn(C)c2O)c(C)c1N=S1(=O)CCCCC1. The topological polar surface area (TPSA) is 84.6 Å². The first-order valence-corrected chi connectivity index (χ1v) is 10.3. The third kappa shape index (κ3) is 3.33. The van der Waals surface area contributed by atoms with E-state index in [0.29, 0.717) is 28.3 Å². The van der Waals surface area contributed by atoms with Crippen molar-refractivity contribution in [1.29, 1.82) is 0 Å². The van der Waals surface area contributed by atoms with Gasteiger partial charge in [0.15, 0.2) is 5.78 Å². The van der Waals surface area contributed by atoms with E-state index in [1.807, 2.05) is 19.9 Å². The normalized spacial score (nSPS) is 16.6. The summed E-state index contributed by atoms with van der Waals surface area (Å²) < 4.78 is 18.8. The van der Waals surface area contributed by atoms with Crippen molar-refractivity contribution in [3.63, 3.8) is 0 Å². The van der Waals surface area contributed by atoms with Gasteiger partial charge in [0.1, 0.15) is 5.56 Å². The number of hydrogen-bond donors (Lipinski definition) is 1. The monoisotopic (exact) mass is 361 g/mol. The van der Waals surface area contributed by atoms with Gasteiger partial charge in [-0.05, 0) is 37.8 Å². The highest BCUT2D eigenvalue weighted by Crippen LogP contribution is 2.32.